The Hall–Kier alpha value is -2.44. The van der Waals surface area contributed by atoms with Gasteiger partial charge in [0.25, 0.3) is 5.91 Å². The van der Waals surface area contributed by atoms with Crippen molar-refractivity contribution in [2.24, 2.45) is 5.92 Å². The number of nitrogens with zero attached hydrogens (tertiary/aromatic N) is 3. The molecular weight excluding hydrogens is 368 g/mol. The number of amides is 1. The van der Waals surface area contributed by atoms with E-state index in [2.05, 4.69) is 39.8 Å². The lowest BCUT2D eigenvalue weighted by atomic mass is 9.97. The number of nitrogens with one attached hydrogen (secondary N) is 1. The summed E-state index contributed by atoms with van der Waals surface area (Å²) >= 11 is 1.76. The number of carbonyl (C=O) groups is 1. The summed E-state index contributed by atoms with van der Waals surface area (Å²) in [6, 6.07) is 14.3. The summed E-state index contributed by atoms with van der Waals surface area (Å²) in [5.41, 5.74) is 1.53. The molecule has 1 saturated heterocycles. The number of para-hydroxylation sites is 1. The van der Waals surface area contributed by atoms with Gasteiger partial charge in [0, 0.05) is 17.6 Å². The Labute approximate surface area is 170 Å². The summed E-state index contributed by atoms with van der Waals surface area (Å²) in [6.45, 7) is 5.12. The molecule has 5 nitrogen and oxygen atoms in total. The molecule has 1 fully saturated rings. The molecule has 0 bridgehead atoms. The van der Waals surface area contributed by atoms with Gasteiger partial charge in [-0.15, -0.1) is 11.3 Å². The largest absolute Gasteiger partial charge is 0.350 e. The van der Waals surface area contributed by atoms with E-state index in [4.69, 9.17) is 0 Å². The number of hydrogen-bond donors (Lipinski definition) is 1. The molecular formula is C22H26N4OS. The van der Waals surface area contributed by atoms with Crippen molar-refractivity contribution in [2.75, 3.05) is 19.6 Å². The minimum atomic E-state index is -0.0749. The summed E-state index contributed by atoms with van der Waals surface area (Å²) in [4.78, 5) is 16.5. The van der Waals surface area contributed by atoms with Crippen LogP contribution in [0.3, 0.4) is 0 Å². The molecule has 2 aromatic heterocycles. The van der Waals surface area contributed by atoms with Crippen LogP contribution >= 0.6 is 11.3 Å². The zero-order chi connectivity index (χ0) is 19.3. The second-order valence-electron chi connectivity index (χ2n) is 7.47. The van der Waals surface area contributed by atoms with E-state index >= 15 is 0 Å². The lowest BCUT2D eigenvalue weighted by Crippen LogP contribution is -2.41. The van der Waals surface area contributed by atoms with Crippen molar-refractivity contribution in [1.29, 1.82) is 0 Å². The van der Waals surface area contributed by atoms with Crippen LogP contribution in [0.15, 0.2) is 60.2 Å². The molecule has 4 rings (SSSR count). The number of benzene rings is 1. The highest BCUT2D eigenvalue weighted by Crippen LogP contribution is 2.29. The van der Waals surface area contributed by atoms with Crippen LogP contribution in [-0.4, -0.2) is 40.2 Å². The minimum absolute atomic E-state index is 0.0749. The quantitative estimate of drug-likeness (QED) is 0.684. The first-order valence-corrected chi connectivity index (χ1v) is 10.7. The van der Waals surface area contributed by atoms with Crippen molar-refractivity contribution >= 4 is 17.2 Å². The van der Waals surface area contributed by atoms with Crippen LogP contribution in [0.5, 0.6) is 0 Å². The smallest absolute Gasteiger partial charge is 0.254 e. The topological polar surface area (TPSA) is 50.2 Å². The van der Waals surface area contributed by atoms with Crippen molar-refractivity contribution in [2.45, 2.75) is 25.8 Å². The number of carbonyl (C=O) groups excluding carboxylic acids is 1. The lowest BCUT2D eigenvalue weighted by molar-refractivity contribution is 0.0915. The molecule has 3 heterocycles. The minimum Gasteiger partial charge on any atom is -0.350 e. The highest BCUT2D eigenvalue weighted by atomic mass is 32.1. The molecule has 0 aliphatic carbocycles. The van der Waals surface area contributed by atoms with Crippen LogP contribution in [-0.2, 0) is 0 Å². The zero-order valence-corrected chi connectivity index (χ0v) is 16.9. The summed E-state index contributed by atoms with van der Waals surface area (Å²) < 4.78 is 1.73. The fourth-order valence-electron chi connectivity index (χ4n) is 3.68. The van der Waals surface area contributed by atoms with Crippen molar-refractivity contribution in [1.82, 2.24) is 20.0 Å². The SMILES string of the molecule is CC1CCN([C@H](CNC(=O)c2cnn(-c3ccccc3)c2)c2cccs2)CC1. The molecule has 1 aliphatic heterocycles. The predicted octanol–water partition coefficient (Wildman–Crippen LogP) is 4.14. The van der Waals surface area contributed by atoms with E-state index in [0.717, 1.165) is 24.7 Å². The van der Waals surface area contributed by atoms with Crippen molar-refractivity contribution in [3.05, 3.63) is 70.7 Å². The molecule has 1 atom stereocenters. The fourth-order valence-corrected chi connectivity index (χ4v) is 4.55. The number of rotatable bonds is 6. The molecule has 1 aromatic carbocycles. The number of piperidine rings is 1. The van der Waals surface area contributed by atoms with E-state index < -0.39 is 0 Å². The van der Waals surface area contributed by atoms with Crippen LogP contribution in [0.4, 0.5) is 0 Å². The maximum Gasteiger partial charge on any atom is 0.254 e. The van der Waals surface area contributed by atoms with Crippen LogP contribution in [0.1, 0.15) is 41.0 Å². The van der Waals surface area contributed by atoms with Gasteiger partial charge in [0.15, 0.2) is 0 Å². The first-order valence-electron chi connectivity index (χ1n) is 9.86. The molecule has 146 valence electrons. The molecule has 0 radical (unpaired) electrons. The third-order valence-corrected chi connectivity index (χ3v) is 6.43. The Morgan fingerprint density at radius 1 is 1.21 bits per heavy atom. The molecule has 28 heavy (non-hydrogen) atoms. The maximum absolute atomic E-state index is 12.7. The van der Waals surface area contributed by atoms with E-state index in [1.807, 2.05) is 30.3 Å². The molecule has 3 aromatic rings. The Kier molecular flexibility index (Phi) is 5.88. The monoisotopic (exact) mass is 394 g/mol. The van der Waals surface area contributed by atoms with Gasteiger partial charge in [0.2, 0.25) is 0 Å². The molecule has 0 spiro atoms. The second-order valence-corrected chi connectivity index (χ2v) is 8.45. The highest BCUT2D eigenvalue weighted by Gasteiger charge is 2.26. The zero-order valence-electron chi connectivity index (χ0n) is 16.1. The van der Waals surface area contributed by atoms with Crippen LogP contribution in [0.2, 0.25) is 0 Å². The van der Waals surface area contributed by atoms with E-state index in [-0.39, 0.29) is 11.9 Å². The number of likely N-dealkylation sites (tertiary alicyclic amines) is 1. The normalized spacial score (nSPS) is 16.8. The van der Waals surface area contributed by atoms with Gasteiger partial charge in [-0.25, -0.2) is 4.68 Å². The maximum atomic E-state index is 12.7. The molecule has 0 saturated carbocycles. The third-order valence-electron chi connectivity index (χ3n) is 5.45. The molecule has 6 heteroatoms. The van der Waals surface area contributed by atoms with E-state index in [0.29, 0.717) is 12.1 Å². The lowest BCUT2D eigenvalue weighted by Gasteiger charge is -2.36. The Balaban J connectivity index is 1.42. The Morgan fingerprint density at radius 2 is 2.00 bits per heavy atom. The van der Waals surface area contributed by atoms with Gasteiger partial charge < -0.3 is 5.32 Å². The standard InChI is InChI=1S/C22H26N4OS/c1-17-9-11-25(12-10-17)20(21-8-5-13-28-21)15-23-22(27)18-14-24-26(16-18)19-6-3-2-4-7-19/h2-8,13-14,16-17,20H,9-12,15H2,1H3,(H,23,27)/t20-/m1/s1. The number of thiophene rings is 1. The molecule has 1 amide bonds. The summed E-state index contributed by atoms with van der Waals surface area (Å²) in [5, 5.41) is 9.58. The molecule has 1 aliphatic rings. The third kappa shape index (κ3) is 4.34. The number of aromatic nitrogens is 2. The molecule has 1 N–H and O–H groups in total. The van der Waals surface area contributed by atoms with Gasteiger partial charge in [-0.2, -0.15) is 5.10 Å². The van der Waals surface area contributed by atoms with Crippen molar-refractivity contribution in [3.63, 3.8) is 0 Å². The van der Waals surface area contributed by atoms with Crippen LogP contribution in [0, 0.1) is 5.92 Å². The number of hydrogen-bond acceptors (Lipinski definition) is 4. The summed E-state index contributed by atoms with van der Waals surface area (Å²) in [5.74, 6) is 0.716. The van der Waals surface area contributed by atoms with E-state index in [1.165, 1.54) is 17.7 Å². The Morgan fingerprint density at radius 3 is 2.71 bits per heavy atom. The van der Waals surface area contributed by atoms with Gasteiger partial charge in [0.1, 0.15) is 0 Å². The van der Waals surface area contributed by atoms with Gasteiger partial charge in [-0.05, 0) is 55.4 Å². The van der Waals surface area contributed by atoms with Crippen molar-refractivity contribution in [3.8, 4) is 5.69 Å². The van der Waals surface area contributed by atoms with Crippen LogP contribution < -0.4 is 5.32 Å². The van der Waals surface area contributed by atoms with Crippen LogP contribution in [0.25, 0.3) is 5.69 Å². The molecule has 0 unspecified atom stereocenters. The fraction of sp³-hybridized carbons (Fsp3) is 0.364. The first-order chi connectivity index (χ1) is 13.7. The first kappa shape index (κ1) is 18.9. The highest BCUT2D eigenvalue weighted by molar-refractivity contribution is 7.10. The van der Waals surface area contributed by atoms with Crippen molar-refractivity contribution < 1.29 is 4.79 Å². The average Bonchev–Trinajstić information content (AvgIpc) is 3.42. The predicted molar refractivity (Wildman–Crippen MR) is 113 cm³/mol. The van der Waals surface area contributed by atoms with Gasteiger partial charge >= 0.3 is 0 Å². The van der Waals surface area contributed by atoms with Gasteiger partial charge in [-0.1, -0.05) is 31.2 Å². The van der Waals surface area contributed by atoms with Gasteiger partial charge in [-0.3, -0.25) is 9.69 Å². The second kappa shape index (κ2) is 8.71. The summed E-state index contributed by atoms with van der Waals surface area (Å²) in [6.07, 6.45) is 5.86. The summed E-state index contributed by atoms with van der Waals surface area (Å²) in [7, 11) is 0. The van der Waals surface area contributed by atoms with E-state index in [9.17, 15) is 4.79 Å². The average molecular weight is 395 g/mol. The van der Waals surface area contributed by atoms with Gasteiger partial charge in [0.05, 0.1) is 23.5 Å². The Bertz CT molecular complexity index is 882. The van der Waals surface area contributed by atoms with E-state index in [1.54, 1.807) is 28.4 Å².